The van der Waals surface area contributed by atoms with Gasteiger partial charge in [-0.1, -0.05) is 0 Å². The number of carbonyl (C=O) groups is 1. The summed E-state index contributed by atoms with van der Waals surface area (Å²) in [4.78, 5) is 14.1. The Morgan fingerprint density at radius 3 is 2.63 bits per heavy atom. The van der Waals surface area contributed by atoms with Crippen LogP contribution in [0.5, 0.6) is 5.75 Å². The lowest BCUT2D eigenvalue weighted by molar-refractivity contribution is -0.0124. The summed E-state index contributed by atoms with van der Waals surface area (Å²) >= 11 is 0. The fourth-order valence-corrected chi connectivity index (χ4v) is 2.13. The highest BCUT2D eigenvalue weighted by Crippen LogP contribution is 2.16. The Bertz CT molecular complexity index is 428. The van der Waals surface area contributed by atoms with E-state index in [1.54, 1.807) is 0 Å². The molecule has 1 heterocycles. The second-order valence-corrected chi connectivity index (χ2v) is 5.12. The van der Waals surface area contributed by atoms with E-state index in [-0.39, 0.29) is 18.1 Å². The van der Waals surface area contributed by atoms with Crippen LogP contribution in [0.3, 0.4) is 0 Å². The average Bonchev–Trinajstić information content (AvgIpc) is 2.38. The first kappa shape index (κ1) is 13.9. The third-order valence-corrected chi connectivity index (χ3v) is 3.00. The van der Waals surface area contributed by atoms with Crippen LogP contribution in [-0.2, 0) is 4.74 Å². The lowest BCUT2D eigenvalue weighted by atomic mass is 10.1. The number of rotatable bonds is 3. The Morgan fingerprint density at radius 1 is 1.37 bits per heavy atom. The molecule has 1 aliphatic rings. The van der Waals surface area contributed by atoms with E-state index in [1.807, 2.05) is 49.9 Å². The Kier molecular flexibility index (Phi) is 4.43. The van der Waals surface area contributed by atoms with Gasteiger partial charge in [0.15, 0.2) is 0 Å². The quantitative estimate of drug-likeness (QED) is 0.840. The molecular formula is C15H21NO3. The number of hydrogen-bond acceptors (Lipinski definition) is 3. The molecule has 1 unspecified atom stereocenters. The second-order valence-electron chi connectivity index (χ2n) is 5.12. The molecule has 0 saturated carbocycles. The lowest BCUT2D eigenvalue weighted by Crippen LogP contribution is -2.44. The Morgan fingerprint density at radius 2 is 2.05 bits per heavy atom. The monoisotopic (exact) mass is 263 g/mol. The van der Waals surface area contributed by atoms with Crippen LogP contribution < -0.4 is 4.74 Å². The number of carbonyl (C=O) groups excluding carboxylic acids is 1. The van der Waals surface area contributed by atoms with Gasteiger partial charge < -0.3 is 14.4 Å². The summed E-state index contributed by atoms with van der Waals surface area (Å²) in [6, 6.07) is 7.33. The summed E-state index contributed by atoms with van der Waals surface area (Å²) in [5.41, 5.74) is 0.699. The molecule has 0 spiro atoms. The minimum absolute atomic E-state index is 0.0613. The van der Waals surface area contributed by atoms with Crippen molar-refractivity contribution in [1.29, 1.82) is 0 Å². The molecule has 1 atom stereocenters. The molecular weight excluding hydrogens is 242 g/mol. The van der Waals surface area contributed by atoms with Crippen molar-refractivity contribution in [2.75, 3.05) is 19.7 Å². The SMILES string of the molecule is CC(C)Oc1ccc(C(=O)N2CCOC(C)C2)cc1. The summed E-state index contributed by atoms with van der Waals surface area (Å²) in [6.07, 6.45) is 0.253. The fourth-order valence-electron chi connectivity index (χ4n) is 2.13. The van der Waals surface area contributed by atoms with E-state index in [2.05, 4.69) is 0 Å². The molecule has 1 fully saturated rings. The topological polar surface area (TPSA) is 38.8 Å². The van der Waals surface area contributed by atoms with Crippen LogP contribution in [0, 0.1) is 0 Å². The predicted molar refractivity (Wildman–Crippen MR) is 73.5 cm³/mol. The van der Waals surface area contributed by atoms with E-state index in [4.69, 9.17) is 9.47 Å². The normalized spacial score (nSPS) is 19.6. The van der Waals surface area contributed by atoms with Gasteiger partial charge in [0.05, 0.1) is 18.8 Å². The minimum atomic E-state index is 0.0613. The first-order valence-electron chi connectivity index (χ1n) is 6.74. The van der Waals surface area contributed by atoms with Crippen LogP contribution in [0.1, 0.15) is 31.1 Å². The van der Waals surface area contributed by atoms with Gasteiger partial charge in [0.1, 0.15) is 5.75 Å². The summed E-state index contributed by atoms with van der Waals surface area (Å²) < 4.78 is 11.0. The molecule has 1 aromatic rings. The summed E-state index contributed by atoms with van der Waals surface area (Å²) in [5, 5.41) is 0. The first-order chi connectivity index (χ1) is 9.06. The number of amides is 1. The van der Waals surface area contributed by atoms with Crippen LogP contribution in [0.4, 0.5) is 0 Å². The van der Waals surface area contributed by atoms with Crippen LogP contribution in [0.2, 0.25) is 0 Å². The maximum absolute atomic E-state index is 12.3. The second kappa shape index (κ2) is 6.06. The zero-order valence-corrected chi connectivity index (χ0v) is 11.8. The Hall–Kier alpha value is -1.55. The standard InChI is InChI=1S/C15H21NO3/c1-11(2)19-14-6-4-13(5-7-14)15(17)16-8-9-18-12(3)10-16/h4-7,11-12H,8-10H2,1-3H3. The van der Waals surface area contributed by atoms with Gasteiger partial charge in [-0.2, -0.15) is 0 Å². The maximum atomic E-state index is 12.3. The molecule has 0 aliphatic carbocycles. The molecule has 1 aromatic carbocycles. The third kappa shape index (κ3) is 3.70. The van der Waals surface area contributed by atoms with Crippen LogP contribution >= 0.6 is 0 Å². The van der Waals surface area contributed by atoms with E-state index in [0.717, 1.165) is 5.75 Å². The molecule has 0 radical (unpaired) electrons. The van der Waals surface area contributed by atoms with Crippen molar-refractivity contribution < 1.29 is 14.3 Å². The van der Waals surface area contributed by atoms with Gasteiger partial charge in [0, 0.05) is 18.7 Å². The number of morpholine rings is 1. The summed E-state index contributed by atoms with van der Waals surface area (Å²) in [6.45, 7) is 7.87. The summed E-state index contributed by atoms with van der Waals surface area (Å²) in [7, 11) is 0. The zero-order chi connectivity index (χ0) is 13.8. The van der Waals surface area contributed by atoms with Crippen molar-refractivity contribution in [2.24, 2.45) is 0 Å². The van der Waals surface area contributed by atoms with Gasteiger partial charge in [-0.25, -0.2) is 0 Å². The molecule has 0 N–H and O–H groups in total. The fraction of sp³-hybridized carbons (Fsp3) is 0.533. The van der Waals surface area contributed by atoms with Gasteiger partial charge in [0.2, 0.25) is 0 Å². The largest absolute Gasteiger partial charge is 0.491 e. The van der Waals surface area contributed by atoms with Crippen molar-refractivity contribution in [3.05, 3.63) is 29.8 Å². The number of ether oxygens (including phenoxy) is 2. The van der Waals surface area contributed by atoms with Crippen LogP contribution in [-0.4, -0.2) is 42.7 Å². The smallest absolute Gasteiger partial charge is 0.254 e. The highest BCUT2D eigenvalue weighted by Gasteiger charge is 2.22. The van der Waals surface area contributed by atoms with E-state index < -0.39 is 0 Å². The Labute approximate surface area is 114 Å². The van der Waals surface area contributed by atoms with E-state index in [0.29, 0.717) is 25.3 Å². The molecule has 0 aromatic heterocycles. The zero-order valence-electron chi connectivity index (χ0n) is 11.8. The molecule has 19 heavy (non-hydrogen) atoms. The summed E-state index contributed by atoms with van der Waals surface area (Å²) in [5.74, 6) is 0.855. The van der Waals surface area contributed by atoms with E-state index in [1.165, 1.54) is 0 Å². The van der Waals surface area contributed by atoms with E-state index >= 15 is 0 Å². The van der Waals surface area contributed by atoms with Crippen LogP contribution in [0.25, 0.3) is 0 Å². The third-order valence-electron chi connectivity index (χ3n) is 3.00. The minimum Gasteiger partial charge on any atom is -0.491 e. The van der Waals surface area contributed by atoms with Crippen molar-refractivity contribution in [3.8, 4) is 5.75 Å². The van der Waals surface area contributed by atoms with Crippen molar-refractivity contribution >= 4 is 5.91 Å². The van der Waals surface area contributed by atoms with Gasteiger partial charge in [-0.15, -0.1) is 0 Å². The van der Waals surface area contributed by atoms with Gasteiger partial charge >= 0.3 is 0 Å². The number of benzene rings is 1. The van der Waals surface area contributed by atoms with E-state index in [9.17, 15) is 4.79 Å². The molecule has 1 saturated heterocycles. The molecule has 4 heteroatoms. The highest BCUT2D eigenvalue weighted by molar-refractivity contribution is 5.94. The lowest BCUT2D eigenvalue weighted by Gasteiger charge is -2.31. The van der Waals surface area contributed by atoms with Crippen molar-refractivity contribution in [2.45, 2.75) is 33.0 Å². The van der Waals surface area contributed by atoms with Crippen molar-refractivity contribution in [3.63, 3.8) is 0 Å². The van der Waals surface area contributed by atoms with Gasteiger partial charge in [-0.3, -0.25) is 4.79 Å². The molecule has 1 aliphatic heterocycles. The van der Waals surface area contributed by atoms with Gasteiger partial charge in [0.25, 0.3) is 5.91 Å². The van der Waals surface area contributed by atoms with Gasteiger partial charge in [-0.05, 0) is 45.0 Å². The molecule has 4 nitrogen and oxygen atoms in total. The predicted octanol–water partition coefficient (Wildman–Crippen LogP) is 2.33. The molecule has 2 rings (SSSR count). The first-order valence-corrected chi connectivity index (χ1v) is 6.74. The van der Waals surface area contributed by atoms with Crippen molar-refractivity contribution in [1.82, 2.24) is 4.90 Å². The van der Waals surface area contributed by atoms with Crippen LogP contribution in [0.15, 0.2) is 24.3 Å². The average molecular weight is 263 g/mol. The molecule has 104 valence electrons. The Balaban J connectivity index is 2.02. The number of hydrogen-bond donors (Lipinski definition) is 0. The maximum Gasteiger partial charge on any atom is 0.254 e. The molecule has 1 amide bonds. The molecule has 0 bridgehead atoms. The number of nitrogens with zero attached hydrogens (tertiary/aromatic N) is 1. The highest BCUT2D eigenvalue weighted by atomic mass is 16.5.